The molecule has 0 heterocycles. The first-order valence-electron chi connectivity index (χ1n) is 6.12. The van der Waals surface area contributed by atoms with Crippen LogP contribution in [-0.2, 0) is 0 Å². The van der Waals surface area contributed by atoms with Crippen molar-refractivity contribution >= 4 is 0 Å². The van der Waals surface area contributed by atoms with Gasteiger partial charge in [0.25, 0.3) is 0 Å². The molecule has 0 aliphatic heterocycles. The van der Waals surface area contributed by atoms with Gasteiger partial charge in [-0.25, -0.2) is 0 Å². The van der Waals surface area contributed by atoms with Crippen molar-refractivity contribution in [3.63, 3.8) is 0 Å². The first-order chi connectivity index (χ1) is 7.03. The molecule has 0 aromatic carbocycles. The van der Waals surface area contributed by atoms with E-state index >= 15 is 0 Å². The second-order valence-corrected chi connectivity index (χ2v) is 5.99. The highest BCUT2D eigenvalue weighted by Crippen LogP contribution is 2.57. The number of nitrogens with zero attached hydrogens (tertiary/aromatic N) is 1. The summed E-state index contributed by atoms with van der Waals surface area (Å²) >= 11 is 0. The summed E-state index contributed by atoms with van der Waals surface area (Å²) in [5.74, 6) is 0.396. The van der Waals surface area contributed by atoms with Gasteiger partial charge in [-0.15, -0.1) is 0 Å². The summed E-state index contributed by atoms with van der Waals surface area (Å²) in [5.41, 5.74) is -0.199. The molecule has 0 aromatic rings. The maximum absolute atomic E-state index is 10.2. The summed E-state index contributed by atoms with van der Waals surface area (Å²) in [5, 5.41) is 19.6. The third-order valence-electron chi connectivity index (χ3n) is 4.75. The van der Waals surface area contributed by atoms with Crippen molar-refractivity contribution in [3.05, 3.63) is 0 Å². The van der Waals surface area contributed by atoms with Crippen LogP contribution in [0, 0.1) is 28.1 Å². The highest BCUT2D eigenvalue weighted by atomic mass is 16.3. The molecule has 0 amide bonds. The molecule has 0 saturated heterocycles. The van der Waals surface area contributed by atoms with Crippen molar-refractivity contribution in [3.8, 4) is 6.07 Å². The second kappa shape index (κ2) is 3.49. The molecular weight excluding hydrogens is 186 g/mol. The molecule has 2 rings (SSSR count). The van der Waals surface area contributed by atoms with Crippen molar-refractivity contribution in [1.29, 1.82) is 5.26 Å². The van der Waals surface area contributed by atoms with E-state index in [1.165, 1.54) is 6.42 Å². The molecule has 2 aliphatic rings. The Morgan fingerprint density at radius 1 is 1.20 bits per heavy atom. The minimum absolute atomic E-state index is 0.232. The molecule has 0 aromatic heterocycles. The highest BCUT2D eigenvalue weighted by molar-refractivity contribution is 5.14. The van der Waals surface area contributed by atoms with E-state index in [0.717, 1.165) is 32.1 Å². The maximum Gasteiger partial charge on any atom is 0.0865 e. The van der Waals surface area contributed by atoms with E-state index in [1.54, 1.807) is 0 Å². The summed E-state index contributed by atoms with van der Waals surface area (Å²) in [4.78, 5) is 0. The zero-order chi connectivity index (χ0) is 11.1. The van der Waals surface area contributed by atoms with Gasteiger partial charge in [0, 0.05) is 0 Å². The van der Waals surface area contributed by atoms with Crippen LogP contribution in [0.3, 0.4) is 0 Å². The van der Waals surface area contributed by atoms with E-state index in [1.807, 2.05) is 0 Å². The molecule has 1 N–H and O–H groups in total. The molecule has 84 valence electrons. The van der Waals surface area contributed by atoms with Crippen molar-refractivity contribution < 1.29 is 5.11 Å². The fourth-order valence-electron chi connectivity index (χ4n) is 3.91. The third kappa shape index (κ3) is 1.49. The standard InChI is InChI=1S/C13H21NO/c1-12(2)7-4-8-13(9-14)10(12)5-3-6-11(13)15/h10-11,15H,3-8H2,1-2H3/t10?,11-,13+/m1/s1. The van der Waals surface area contributed by atoms with Crippen LogP contribution >= 0.6 is 0 Å². The Balaban J connectivity index is 2.37. The van der Waals surface area contributed by atoms with Crippen LogP contribution in [0.4, 0.5) is 0 Å². The van der Waals surface area contributed by atoms with E-state index in [4.69, 9.17) is 0 Å². The number of aliphatic hydroxyl groups excluding tert-OH is 1. The first-order valence-corrected chi connectivity index (χ1v) is 6.12. The summed E-state index contributed by atoms with van der Waals surface area (Å²) in [7, 11) is 0. The molecule has 1 unspecified atom stereocenters. The van der Waals surface area contributed by atoms with Gasteiger partial charge in [-0.2, -0.15) is 5.26 Å². The van der Waals surface area contributed by atoms with Gasteiger partial charge in [-0.05, 0) is 37.0 Å². The predicted molar refractivity (Wildman–Crippen MR) is 59.0 cm³/mol. The molecule has 2 aliphatic carbocycles. The average Bonchev–Trinajstić information content (AvgIpc) is 2.19. The molecule has 2 nitrogen and oxygen atoms in total. The number of aliphatic hydroxyl groups is 1. The van der Waals surface area contributed by atoms with E-state index in [0.29, 0.717) is 5.92 Å². The summed E-state index contributed by atoms with van der Waals surface area (Å²) in [6, 6.07) is 2.47. The lowest BCUT2D eigenvalue weighted by Crippen LogP contribution is -2.52. The Kier molecular flexibility index (Phi) is 2.55. The largest absolute Gasteiger partial charge is 0.391 e. The van der Waals surface area contributed by atoms with Crippen LogP contribution in [0.25, 0.3) is 0 Å². The molecular formula is C13H21NO. The smallest absolute Gasteiger partial charge is 0.0865 e. The van der Waals surface area contributed by atoms with Crippen molar-refractivity contribution in [1.82, 2.24) is 0 Å². The number of fused-ring (bicyclic) bond motifs is 1. The minimum Gasteiger partial charge on any atom is -0.391 e. The first kappa shape index (κ1) is 11.0. The quantitative estimate of drug-likeness (QED) is 0.663. The number of nitriles is 1. The van der Waals surface area contributed by atoms with Gasteiger partial charge >= 0.3 is 0 Å². The van der Waals surface area contributed by atoms with Crippen molar-refractivity contribution in [2.24, 2.45) is 16.7 Å². The number of rotatable bonds is 0. The topological polar surface area (TPSA) is 44.0 Å². The van der Waals surface area contributed by atoms with E-state index < -0.39 is 5.41 Å². The number of hydrogen-bond acceptors (Lipinski definition) is 2. The van der Waals surface area contributed by atoms with Crippen molar-refractivity contribution in [2.75, 3.05) is 0 Å². The van der Waals surface area contributed by atoms with Gasteiger partial charge in [0.05, 0.1) is 17.6 Å². The van der Waals surface area contributed by atoms with Crippen LogP contribution in [-0.4, -0.2) is 11.2 Å². The van der Waals surface area contributed by atoms with Crippen LogP contribution in [0.15, 0.2) is 0 Å². The normalized spacial score (nSPS) is 44.1. The Labute approximate surface area is 92.3 Å². The molecule has 2 saturated carbocycles. The van der Waals surface area contributed by atoms with Gasteiger partial charge in [-0.1, -0.05) is 26.7 Å². The minimum atomic E-state index is -0.431. The zero-order valence-electron chi connectivity index (χ0n) is 9.79. The van der Waals surface area contributed by atoms with Gasteiger partial charge in [0.15, 0.2) is 0 Å². The number of hydrogen-bond donors (Lipinski definition) is 1. The SMILES string of the molecule is CC1(C)CCC[C@]2(C#N)C1CCC[C@H]2O. The zero-order valence-corrected chi connectivity index (χ0v) is 9.79. The Morgan fingerprint density at radius 2 is 1.93 bits per heavy atom. The lowest BCUT2D eigenvalue weighted by molar-refractivity contribution is -0.0902. The molecule has 0 bridgehead atoms. The van der Waals surface area contributed by atoms with Gasteiger partial charge in [-0.3, -0.25) is 0 Å². The van der Waals surface area contributed by atoms with Crippen LogP contribution < -0.4 is 0 Å². The fraction of sp³-hybridized carbons (Fsp3) is 0.923. The summed E-state index contributed by atoms with van der Waals surface area (Å²) in [6.07, 6.45) is 5.83. The molecule has 0 spiro atoms. The predicted octanol–water partition coefficient (Wildman–Crippen LogP) is 2.87. The monoisotopic (exact) mass is 207 g/mol. The van der Waals surface area contributed by atoms with E-state index in [2.05, 4.69) is 19.9 Å². The molecule has 0 radical (unpaired) electrons. The Morgan fingerprint density at radius 3 is 2.53 bits per heavy atom. The van der Waals surface area contributed by atoms with Gasteiger partial charge in [0.2, 0.25) is 0 Å². The lowest BCUT2D eigenvalue weighted by Gasteiger charge is -2.53. The fourth-order valence-corrected chi connectivity index (χ4v) is 3.91. The van der Waals surface area contributed by atoms with Gasteiger partial charge in [0.1, 0.15) is 0 Å². The van der Waals surface area contributed by atoms with Crippen LogP contribution in [0.5, 0.6) is 0 Å². The third-order valence-corrected chi connectivity index (χ3v) is 4.75. The van der Waals surface area contributed by atoms with Crippen LogP contribution in [0.1, 0.15) is 52.4 Å². The van der Waals surface area contributed by atoms with Crippen molar-refractivity contribution in [2.45, 2.75) is 58.5 Å². The highest BCUT2D eigenvalue weighted by Gasteiger charge is 2.54. The summed E-state index contributed by atoms with van der Waals surface area (Å²) in [6.45, 7) is 4.53. The lowest BCUT2D eigenvalue weighted by atomic mass is 9.50. The molecule has 15 heavy (non-hydrogen) atoms. The maximum atomic E-state index is 10.2. The summed E-state index contributed by atoms with van der Waals surface area (Å²) < 4.78 is 0. The van der Waals surface area contributed by atoms with E-state index in [-0.39, 0.29) is 11.5 Å². The Bertz CT molecular complexity index is 291. The van der Waals surface area contributed by atoms with E-state index in [9.17, 15) is 10.4 Å². The average molecular weight is 207 g/mol. The molecule has 2 heteroatoms. The van der Waals surface area contributed by atoms with Crippen LogP contribution in [0.2, 0.25) is 0 Å². The second-order valence-electron chi connectivity index (χ2n) is 5.99. The molecule has 3 atom stereocenters. The Hall–Kier alpha value is -0.550. The molecule has 2 fully saturated rings. The van der Waals surface area contributed by atoms with Gasteiger partial charge < -0.3 is 5.11 Å².